The Bertz CT molecular complexity index is 496. The number of carbonyl (C=O) groups excluding carboxylic acids is 1. The Labute approximate surface area is 120 Å². The number of piperidine rings is 1. The summed E-state index contributed by atoms with van der Waals surface area (Å²) < 4.78 is 1.70. The van der Waals surface area contributed by atoms with Crippen molar-refractivity contribution in [3.8, 4) is 0 Å². The highest BCUT2D eigenvalue weighted by Crippen LogP contribution is 2.21. The van der Waals surface area contributed by atoms with Crippen LogP contribution in [0, 0.1) is 6.92 Å². The number of nitrogens with zero attached hydrogens (tertiary/aromatic N) is 4. The number of hydrogen-bond acceptors (Lipinski definition) is 4. The van der Waals surface area contributed by atoms with Crippen LogP contribution < -0.4 is 5.73 Å². The average molecular weight is 279 g/mol. The lowest BCUT2D eigenvalue weighted by Gasteiger charge is -2.35. The molecule has 1 unspecified atom stereocenters. The first-order valence-electron chi connectivity index (χ1n) is 7.24. The fraction of sp³-hybridized carbons (Fsp3) is 0.714. The SMILES string of the molecule is CCn1nc(C)c(N)c1C(=O)N(C)C1CCCN(C)C1. The van der Waals surface area contributed by atoms with Crippen LogP contribution in [0.15, 0.2) is 0 Å². The van der Waals surface area contributed by atoms with Crippen LogP contribution in [0.2, 0.25) is 0 Å². The van der Waals surface area contributed by atoms with Crippen molar-refractivity contribution in [2.24, 2.45) is 0 Å². The molecule has 2 N–H and O–H groups in total. The van der Waals surface area contributed by atoms with Crippen molar-refractivity contribution in [3.05, 3.63) is 11.4 Å². The third-order valence-corrected chi connectivity index (χ3v) is 4.14. The minimum absolute atomic E-state index is 0.0229. The third-order valence-electron chi connectivity index (χ3n) is 4.14. The largest absolute Gasteiger partial charge is 0.395 e. The van der Waals surface area contributed by atoms with Crippen molar-refractivity contribution in [2.75, 3.05) is 32.9 Å². The van der Waals surface area contributed by atoms with E-state index in [4.69, 9.17) is 5.73 Å². The van der Waals surface area contributed by atoms with Crippen molar-refractivity contribution in [1.82, 2.24) is 19.6 Å². The van der Waals surface area contributed by atoms with E-state index in [1.165, 1.54) is 0 Å². The van der Waals surface area contributed by atoms with Crippen molar-refractivity contribution in [3.63, 3.8) is 0 Å². The third kappa shape index (κ3) is 2.65. The molecule has 0 radical (unpaired) electrons. The number of likely N-dealkylation sites (tertiary alicyclic amines) is 1. The number of nitrogens with two attached hydrogens (primary N) is 1. The Hall–Kier alpha value is -1.56. The molecule has 1 aromatic rings. The first-order chi connectivity index (χ1) is 9.45. The number of rotatable bonds is 3. The van der Waals surface area contributed by atoms with Crippen LogP contribution in [-0.4, -0.2) is 58.7 Å². The molecule has 0 aliphatic carbocycles. The molecule has 112 valence electrons. The van der Waals surface area contributed by atoms with Crippen LogP contribution in [-0.2, 0) is 6.54 Å². The average Bonchev–Trinajstić information content (AvgIpc) is 2.72. The number of hydrogen-bond donors (Lipinski definition) is 1. The van der Waals surface area contributed by atoms with E-state index < -0.39 is 0 Å². The highest BCUT2D eigenvalue weighted by Gasteiger charge is 2.29. The van der Waals surface area contributed by atoms with Gasteiger partial charge in [-0.1, -0.05) is 0 Å². The second-order valence-electron chi connectivity index (χ2n) is 5.64. The molecule has 1 aliphatic rings. The van der Waals surface area contributed by atoms with Gasteiger partial charge < -0.3 is 15.5 Å². The van der Waals surface area contributed by atoms with Crippen LogP contribution >= 0.6 is 0 Å². The highest BCUT2D eigenvalue weighted by molar-refractivity contribution is 5.98. The van der Waals surface area contributed by atoms with Gasteiger partial charge >= 0.3 is 0 Å². The summed E-state index contributed by atoms with van der Waals surface area (Å²) in [5, 5.41) is 4.33. The lowest BCUT2D eigenvalue weighted by molar-refractivity contribution is 0.0633. The monoisotopic (exact) mass is 279 g/mol. The highest BCUT2D eigenvalue weighted by atomic mass is 16.2. The van der Waals surface area contributed by atoms with Gasteiger partial charge in [0.15, 0.2) is 0 Å². The van der Waals surface area contributed by atoms with E-state index in [0.717, 1.165) is 31.6 Å². The number of aryl methyl sites for hydroxylation is 2. The minimum Gasteiger partial charge on any atom is -0.395 e. The second kappa shape index (κ2) is 5.83. The van der Waals surface area contributed by atoms with Crippen molar-refractivity contribution < 1.29 is 4.79 Å². The zero-order valence-corrected chi connectivity index (χ0v) is 12.9. The summed E-state index contributed by atoms with van der Waals surface area (Å²) in [7, 11) is 3.97. The molecule has 2 rings (SSSR count). The maximum absolute atomic E-state index is 12.7. The molecule has 1 aromatic heterocycles. The summed E-state index contributed by atoms with van der Waals surface area (Å²) in [5.74, 6) is -0.0229. The van der Waals surface area contributed by atoms with Gasteiger partial charge in [0.05, 0.1) is 11.4 Å². The number of likely N-dealkylation sites (N-methyl/N-ethyl adjacent to an activating group) is 2. The lowest BCUT2D eigenvalue weighted by atomic mass is 10.0. The zero-order valence-electron chi connectivity index (χ0n) is 12.9. The Kier molecular flexibility index (Phi) is 4.32. The molecular formula is C14H25N5O. The van der Waals surface area contributed by atoms with Crippen LogP contribution in [0.3, 0.4) is 0 Å². The number of anilines is 1. The first-order valence-corrected chi connectivity index (χ1v) is 7.24. The normalized spacial score (nSPS) is 20.1. The molecule has 1 aliphatic heterocycles. The molecule has 1 amide bonds. The molecule has 2 heterocycles. The predicted molar refractivity (Wildman–Crippen MR) is 79.7 cm³/mol. The van der Waals surface area contributed by atoms with Crippen molar-refractivity contribution >= 4 is 11.6 Å². The Morgan fingerprint density at radius 3 is 2.85 bits per heavy atom. The molecule has 1 atom stereocenters. The summed E-state index contributed by atoms with van der Waals surface area (Å²) >= 11 is 0. The van der Waals surface area contributed by atoms with Crippen molar-refractivity contribution in [2.45, 2.75) is 39.3 Å². The van der Waals surface area contributed by atoms with Crippen LogP contribution in [0.4, 0.5) is 5.69 Å². The molecule has 6 heteroatoms. The van der Waals surface area contributed by atoms with Crippen LogP contribution in [0.5, 0.6) is 0 Å². The maximum atomic E-state index is 12.7. The fourth-order valence-electron chi connectivity index (χ4n) is 2.84. The van der Waals surface area contributed by atoms with Crippen molar-refractivity contribution in [1.29, 1.82) is 0 Å². The summed E-state index contributed by atoms with van der Waals surface area (Å²) in [6.45, 7) is 6.48. The Morgan fingerprint density at radius 2 is 2.25 bits per heavy atom. The van der Waals surface area contributed by atoms with Gasteiger partial charge in [-0.15, -0.1) is 0 Å². The Balaban J connectivity index is 2.22. The topological polar surface area (TPSA) is 67.4 Å². The molecule has 1 fully saturated rings. The van der Waals surface area contributed by atoms with Crippen LogP contribution in [0.1, 0.15) is 35.9 Å². The van der Waals surface area contributed by atoms with Gasteiger partial charge in [0, 0.05) is 26.2 Å². The predicted octanol–water partition coefficient (Wildman–Crippen LogP) is 0.960. The summed E-state index contributed by atoms with van der Waals surface area (Å²) in [6.07, 6.45) is 2.17. The summed E-state index contributed by atoms with van der Waals surface area (Å²) in [6, 6.07) is 0.251. The molecule has 0 spiro atoms. The molecule has 6 nitrogen and oxygen atoms in total. The van der Waals surface area contributed by atoms with E-state index in [9.17, 15) is 4.79 Å². The molecule has 0 bridgehead atoms. The fourth-order valence-corrected chi connectivity index (χ4v) is 2.84. The van der Waals surface area contributed by atoms with Gasteiger partial charge in [0.1, 0.15) is 5.69 Å². The number of carbonyl (C=O) groups is 1. The van der Waals surface area contributed by atoms with E-state index in [1.54, 1.807) is 4.68 Å². The summed E-state index contributed by atoms with van der Waals surface area (Å²) in [5.41, 5.74) is 7.80. The quantitative estimate of drug-likeness (QED) is 0.895. The smallest absolute Gasteiger partial charge is 0.274 e. The number of amides is 1. The maximum Gasteiger partial charge on any atom is 0.274 e. The molecular weight excluding hydrogens is 254 g/mol. The zero-order chi connectivity index (χ0) is 14.9. The van der Waals surface area contributed by atoms with E-state index in [-0.39, 0.29) is 11.9 Å². The standard InChI is InChI=1S/C14H25N5O/c1-5-19-13(12(15)10(2)16-19)14(20)18(4)11-7-6-8-17(3)9-11/h11H,5-9,15H2,1-4H3. The van der Waals surface area contributed by atoms with Gasteiger partial charge in [0.2, 0.25) is 0 Å². The van der Waals surface area contributed by atoms with Gasteiger partial charge in [-0.3, -0.25) is 9.48 Å². The molecule has 1 saturated heterocycles. The molecule has 0 saturated carbocycles. The van der Waals surface area contributed by atoms with Crippen LogP contribution in [0.25, 0.3) is 0 Å². The van der Waals surface area contributed by atoms with Gasteiger partial charge in [0.25, 0.3) is 5.91 Å². The minimum atomic E-state index is -0.0229. The number of aromatic nitrogens is 2. The van der Waals surface area contributed by atoms with E-state index in [2.05, 4.69) is 17.0 Å². The second-order valence-corrected chi connectivity index (χ2v) is 5.64. The molecule has 20 heavy (non-hydrogen) atoms. The summed E-state index contributed by atoms with van der Waals surface area (Å²) in [4.78, 5) is 16.8. The van der Waals surface area contributed by atoms with E-state index in [0.29, 0.717) is 17.9 Å². The van der Waals surface area contributed by atoms with E-state index in [1.807, 2.05) is 25.8 Å². The Morgan fingerprint density at radius 1 is 1.55 bits per heavy atom. The van der Waals surface area contributed by atoms with E-state index >= 15 is 0 Å². The van der Waals surface area contributed by atoms with Gasteiger partial charge in [-0.25, -0.2) is 0 Å². The lowest BCUT2D eigenvalue weighted by Crippen LogP contribution is -2.47. The van der Waals surface area contributed by atoms with Gasteiger partial charge in [-0.05, 0) is 40.3 Å². The number of nitrogen functional groups attached to an aromatic ring is 1. The first kappa shape index (κ1) is 14.8. The molecule has 0 aromatic carbocycles. The van der Waals surface area contributed by atoms with Gasteiger partial charge in [-0.2, -0.15) is 5.10 Å².